The van der Waals surface area contributed by atoms with E-state index < -0.39 is 6.61 Å². The molecule has 0 unspecified atom stereocenters. The van der Waals surface area contributed by atoms with E-state index in [2.05, 4.69) is 15.0 Å². The lowest BCUT2D eigenvalue weighted by atomic mass is 10.0. The Morgan fingerprint density at radius 2 is 2.00 bits per heavy atom. The molecule has 0 aliphatic rings. The van der Waals surface area contributed by atoms with Crippen molar-refractivity contribution >= 4 is 17.2 Å². The van der Waals surface area contributed by atoms with E-state index in [4.69, 9.17) is 5.41 Å². The van der Waals surface area contributed by atoms with Gasteiger partial charge in [-0.25, -0.2) is 4.98 Å². The van der Waals surface area contributed by atoms with Gasteiger partial charge in [-0.3, -0.25) is 0 Å². The highest BCUT2D eigenvalue weighted by Gasteiger charge is 2.13. The molecule has 2 rings (SSSR count). The van der Waals surface area contributed by atoms with Crippen molar-refractivity contribution in [3.63, 3.8) is 0 Å². The highest BCUT2D eigenvalue weighted by molar-refractivity contribution is 6.03. The number of aliphatic hydroxyl groups excluding tert-OH is 1. The van der Waals surface area contributed by atoms with Crippen molar-refractivity contribution < 1.29 is 18.6 Å². The predicted octanol–water partition coefficient (Wildman–Crippen LogP) is 3.70. The predicted molar refractivity (Wildman–Crippen MR) is 83.6 cm³/mol. The number of aliphatic hydroxyl groups is 1. The highest BCUT2D eigenvalue weighted by Crippen LogP contribution is 2.25. The Bertz CT molecular complexity index is 676. The molecule has 5 nitrogen and oxygen atoms in total. The molecule has 2 aromatic rings. The number of ether oxygens (including phenoxy) is 1. The molecule has 1 aromatic carbocycles. The Labute approximate surface area is 132 Å². The minimum absolute atomic E-state index is 0.0594. The van der Waals surface area contributed by atoms with Gasteiger partial charge in [-0.15, -0.1) is 0 Å². The average Bonchev–Trinajstić information content (AvgIpc) is 2.55. The Hall–Kier alpha value is -2.54. The summed E-state index contributed by atoms with van der Waals surface area (Å²) in [5.74, 6) is 0.495. The summed E-state index contributed by atoms with van der Waals surface area (Å²) in [4.78, 5) is 4.21. The molecule has 1 heterocycles. The molecule has 0 aliphatic carbocycles. The van der Waals surface area contributed by atoms with E-state index in [-0.39, 0.29) is 12.4 Å². The van der Waals surface area contributed by atoms with Crippen molar-refractivity contribution in [2.45, 2.75) is 26.6 Å². The lowest BCUT2D eigenvalue weighted by Crippen LogP contribution is -2.09. The summed E-state index contributed by atoms with van der Waals surface area (Å²) >= 11 is 0. The molecule has 1 aromatic heterocycles. The molecular weight excluding hydrogens is 304 g/mol. The van der Waals surface area contributed by atoms with Gasteiger partial charge in [-0.05, 0) is 42.3 Å². The number of nitrogens with one attached hydrogen (secondary N) is 2. The van der Waals surface area contributed by atoms with E-state index in [0.29, 0.717) is 34.8 Å². The van der Waals surface area contributed by atoms with Crippen LogP contribution in [0.4, 0.5) is 20.3 Å². The van der Waals surface area contributed by atoms with Crippen LogP contribution < -0.4 is 10.1 Å². The number of benzene rings is 1. The summed E-state index contributed by atoms with van der Waals surface area (Å²) in [5.41, 5.74) is 2.11. The van der Waals surface area contributed by atoms with Crippen LogP contribution in [-0.2, 0) is 6.61 Å². The van der Waals surface area contributed by atoms with Crippen molar-refractivity contribution in [1.82, 2.24) is 4.98 Å². The Balaban J connectivity index is 2.27. The third kappa shape index (κ3) is 4.23. The second-order valence-electron chi connectivity index (χ2n) is 4.71. The third-order valence-corrected chi connectivity index (χ3v) is 3.21. The number of hydrogen-bond donors (Lipinski definition) is 3. The molecule has 0 saturated heterocycles. The van der Waals surface area contributed by atoms with Gasteiger partial charge >= 0.3 is 6.61 Å². The van der Waals surface area contributed by atoms with Crippen LogP contribution in [0.5, 0.6) is 5.75 Å². The lowest BCUT2D eigenvalue weighted by molar-refractivity contribution is -0.0498. The van der Waals surface area contributed by atoms with Crippen molar-refractivity contribution in [2.75, 3.05) is 5.32 Å². The van der Waals surface area contributed by atoms with E-state index in [1.165, 1.54) is 18.3 Å². The minimum Gasteiger partial charge on any atom is -0.435 e. The van der Waals surface area contributed by atoms with Gasteiger partial charge in [0.05, 0.1) is 6.61 Å². The molecule has 122 valence electrons. The molecule has 0 radical (unpaired) electrons. The maximum absolute atomic E-state index is 12.1. The number of alkyl halides is 2. The van der Waals surface area contributed by atoms with E-state index in [1.807, 2.05) is 6.92 Å². The van der Waals surface area contributed by atoms with Crippen molar-refractivity contribution in [2.24, 2.45) is 0 Å². The zero-order valence-corrected chi connectivity index (χ0v) is 12.5. The SMILES string of the molecule is CCC(=N)c1c(CO)ccnc1Nc1ccc(OC(F)F)cc1. The number of halogens is 2. The zero-order chi connectivity index (χ0) is 16.8. The van der Waals surface area contributed by atoms with Crippen LogP contribution in [0.15, 0.2) is 36.5 Å². The van der Waals surface area contributed by atoms with E-state index in [1.54, 1.807) is 18.2 Å². The average molecular weight is 321 g/mol. The van der Waals surface area contributed by atoms with Crippen LogP contribution in [0.1, 0.15) is 24.5 Å². The summed E-state index contributed by atoms with van der Waals surface area (Å²) < 4.78 is 28.6. The summed E-state index contributed by atoms with van der Waals surface area (Å²) in [6, 6.07) is 7.63. The number of nitrogens with zero attached hydrogens (tertiary/aromatic N) is 1. The van der Waals surface area contributed by atoms with Crippen LogP contribution in [-0.4, -0.2) is 22.4 Å². The van der Waals surface area contributed by atoms with Crippen LogP contribution in [0.3, 0.4) is 0 Å². The Kier molecular flexibility index (Phi) is 5.59. The van der Waals surface area contributed by atoms with E-state index in [0.717, 1.165) is 0 Å². The number of anilines is 2. The van der Waals surface area contributed by atoms with Crippen molar-refractivity contribution in [1.29, 1.82) is 5.41 Å². The molecule has 0 bridgehead atoms. The first-order chi connectivity index (χ1) is 11.0. The molecule has 0 amide bonds. The quantitative estimate of drug-likeness (QED) is 0.680. The summed E-state index contributed by atoms with van der Waals surface area (Å²) in [5, 5.41) is 20.5. The summed E-state index contributed by atoms with van der Waals surface area (Å²) in [6.07, 6.45) is 2.03. The van der Waals surface area contributed by atoms with Gasteiger partial charge in [0.1, 0.15) is 11.6 Å². The fourth-order valence-electron chi connectivity index (χ4n) is 2.10. The van der Waals surface area contributed by atoms with Crippen molar-refractivity contribution in [3.05, 3.63) is 47.7 Å². The number of pyridine rings is 1. The normalized spacial score (nSPS) is 10.7. The molecule has 0 saturated carbocycles. The van der Waals surface area contributed by atoms with Gasteiger partial charge in [0.25, 0.3) is 0 Å². The summed E-state index contributed by atoms with van der Waals surface area (Å²) in [7, 11) is 0. The number of aromatic nitrogens is 1. The van der Waals surface area contributed by atoms with Crippen LogP contribution in [0.25, 0.3) is 0 Å². The standard InChI is InChI=1S/C16H17F2N3O2/c1-2-13(19)14-10(9-22)7-8-20-15(14)21-11-3-5-12(6-4-11)23-16(17)18/h3-8,16,19,22H,2,9H2,1H3,(H,20,21). The zero-order valence-electron chi connectivity index (χ0n) is 12.5. The highest BCUT2D eigenvalue weighted by atomic mass is 19.3. The van der Waals surface area contributed by atoms with Gasteiger partial charge < -0.3 is 20.6 Å². The monoisotopic (exact) mass is 321 g/mol. The lowest BCUT2D eigenvalue weighted by Gasteiger charge is -2.14. The van der Waals surface area contributed by atoms with Gasteiger partial charge in [0.15, 0.2) is 0 Å². The summed E-state index contributed by atoms with van der Waals surface area (Å²) in [6.45, 7) is -1.22. The largest absolute Gasteiger partial charge is 0.435 e. The topological polar surface area (TPSA) is 78.2 Å². The smallest absolute Gasteiger partial charge is 0.387 e. The molecule has 7 heteroatoms. The molecule has 23 heavy (non-hydrogen) atoms. The first-order valence-corrected chi connectivity index (χ1v) is 7.03. The third-order valence-electron chi connectivity index (χ3n) is 3.21. The second-order valence-corrected chi connectivity index (χ2v) is 4.71. The maximum atomic E-state index is 12.1. The fraction of sp³-hybridized carbons (Fsp3) is 0.250. The molecular formula is C16H17F2N3O2. The molecule has 0 aliphatic heterocycles. The molecule has 0 atom stereocenters. The van der Waals surface area contributed by atoms with Gasteiger partial charge in [0, 0.05) is 23.2 Å². The molecule has 0 fully saturated rings. The molecule has 0 spiro atoms. The first-order valence-electron chi connectivity index (χ1n) is 7.03. The number of hydrogen-bond acceptors (Lipinski definition) is 5. The van der Waals surface area contributed by atoms with Crippen LogP contribution >= 0.6 is 0 Å². The van der Waals surface area contributed by atoms with Crippen LogP contribution in [0.2, 0.25) is 0 Å². The Morgan fingerprint density at radius 3 is 2.57 bits per heavy atom. The first kappa shape index (κ1) is 16.8. The van der Waals surface area contributed by atoms with Crippen LogP contribution in [0, 0.1) is 5.41 Å². The van der Waals surface area contributed by atoms with Crippen molar-refractivity contribution in [3.8, 4) is 5.75 Å². The van der Waals surface area contributed by atoms with E-state index >= 15 is 0 Å². The van der Waals surface area contributed by atoms with Gasteiger partial charge in [-0.1, -0.05) is 6.92 Å². The second kappa shape index (κ2) is 7.64. The Morgan fingerprint density at radius 1 is 1.30 bits per heavy atom. The fourth-order valence-corrected chi connectivity index (χ4v) is 2.10. The van der Waals surface area contributed by atoms with Gasteiger partial charge in [-0.2, -0.15) is 8.78 Å². The maximum Gasteiger partial charge on any atom is 0.387 e. The van der Waals surface area contributed by atoms with Gasteiger partial charge in [0.2, 0.25) is 0 Å². The minimum atomic E-state index is -2.87. The molecule has 3 N–H and O–H groups in total. The van der Waals surface area contributed by atoms with E-state index in [9.17, 15) is 13.9 Å². The number of rotatable bonds is 7.